The van der Waals surface area contributed by atoms with E-state index in [2.05, 4.69) is 17.5 Å². The third-order valence-corrected chi connectivity index (χ3v) is 1.22. The normalized spacial score (nSPS) is 9.82. The van der Waals surface area contributed by atoms with Gasteiger partial charge in [0, 0.05) is 12.8 Å². The van der Waals surface area contributed by atoms with Gasteiger partial charge in [-0.05, 0) is 12.8 Å². The average Bonchev–Trinajstić information content (AvgIpc) is 2.03. The van der Waals surface area contributed by atoms with Crippen molar-refractivity contribution < 1.29 is 0 Å². The maximum Gasteiger partial charge on any atom is 0.0640 e. The van der Waals surface area contributed by atoms with Crippen molar-refractivity contribution in [3.05, 3.63) is 0 Å². The smallest absolute Gasteiger partial charge is 0.0640 e. The van der Waals surface area contributed by atoms with E-state index in [-0.39, 0.29) is 0 Å². The highest BCUT2D eigenvalue weighted by Gasteiger charge is 1.79. The number of nitriles is 1. The van der Waals surface area contributed by atoms with Gasteiger partial charge < -0.3 is 5.43 Å². The lowest BCUT2D eigenvalue weighted by molar-refractivity contribution is 0.742. The molecule has 0 aliphatic carbocycles. The molecule has 0 aliphatic rings. The quantitative estimate of drug-likeness (QED) is 0.358. The van der Waals surface area contributed by atoms with Crippen molar-refractivity contribution in [1.82, 2.24) is 5.43 Å². The third kappa shape index (κ3) is 8.96. The highest BCUT2D eigenvalue weighted by molar-refractivity contribution is 5.56. The summed E-state index contributed by atoms with van der Waals surface area (Å²) in [7, 11) is 0. The molecule has 0 aliphatic heterocycles. The molecule has 0 amide bonds. The van der Waals surface area contributed by atoms with E-state index in [4.69, 9.17) is 5.26 Å². The Bertz CT molecular complexity index is 135. The summed E-state index contributed by atoms with van der Waals surface area (Å²) in [6.07, 6.45) is 5.79. The van der Waals surface area contributed by atoms with Gasteiger partial charge in [0.05, 0.1) is 12.5 Å². The second-order valence-electron chi connectivity index (χ2n) is 2.27. The van der Waals surface area contributed by atoms with Gasteiger partial charge in [0.1, 0.15) is 0 Å². The van der Waals surface area contributed by atoms with Crippen molar-refractivity contribution in [1.29, 1.82) is 5.26 Å². The Hall–Kier alpha value is -1.04. The summed E-state index contributed by atoms with van der Waals surface area (Å²) >= 11 is 0. The second-order valence-corrected chi connectivity index (χ2v) is 2.27. The number of hydrazone groups is 1. The molecule has 0 heterocycles. The summed E-state index contributed by atoms with van der Waals surface area (Å²) < 4.78 is 0. The van der Waals surface area contributed by atoms with Gasteiger partial charge in [-0.3, -0.25) is 0 Å². The molecule has 0 fully saturated rings. The van der Waals surface area contributed by atoms with Crippen molar-refractivity contribution >= 4 is 6.21 Å². The number of unbranched alkanes of at least 4 members (excludes halogenated alkanes) is 2. The SMILES string of the molecule is CCCCC=NNCCC#N. The molecule has 62 valence electrons. The van der Waals surface area contributed by atoms with Crippen LogP contribution in [0.2, 0.25) is 0 Å². The third-order valence-electron chi connectivity index (χ3n) is 1.22. The van der Waals surface area contributed by atoms with E-state index >= 15 is 0 Å². The number of rotatable bonds is 6. The van der Waals surface area contributed by atoms with Crippen LogP contribution in [0.5, 0.6) is 0 Å². The zero-order valence-corrected chi connectivity index (χ0v) is 7.01. The Balaban J connectivity index is 2.98. The number of nitrogens with one attached hydrogen (secondary N) is 1. The molecule has 0 bridgehead atoms. The molecule has 3 heteroatoms. The summed E-state index contributed by atoms with van der Waals surface area (Å²) in [6, 6.07) is 2.03. The summed E-state index contributed by atoms with van der Waals surface area (Å²) in [5, 5.41) is 12.1. The molecule has 0 unspecified atom stereocenters. The van der Waals surface area contributed by atoms with Gasteiger partial charge in [-0.2, -0.15) is 10.4 Å². The fourth-order valence-corrected chi connectivity index (χ4v) is 0.601. The lowest BCUT2D eigenvalue weighted by atomic mass is 10.3. The molecule has 0 aromatic heterocycles. The van der Waals surface area contributed by atoms with Crippen LogP contribution in [-0.4, -0.2) is 12.8 Å². The summed E-state index contributed by atoms with van der Waals surface area (Å²) in [5.41, 5.74) is 2.79. The minimum atomic E-state index is 0.519. The monoisotopic (exact) mass is 153 g/mol. The average molecular weight is 153 g/mol. The van der Waals surface area contributed by atoms with E-state index in [9.17, 15) is 0 Å². The van der Waals surface area contributed by atoms with Crippen molar-refractivity contribution in [2.24, 2.45) is 5.10 Å². The van der Waals surface area contributed by atoms with Gasteiger partial charge in [0.25, 0.3) is 0 Å². The molecule has 1 N–H and O–H groups in total. The molecule has 0 spiro atoms. The topological polar surface area (TPSA) is 48.2 Å². The van der Waals surface area contributed by atoms with Crippen LogP contribution in [0.15, 0.2) is 5.10 Å². The Kier molecular flexibility index (Phi) is 8.11. The van der Waals surface area contributed by atoms with Gasteiger partial charge in [-0.15, -0.1) is 0 Å². The zero-order valence-electron chi connectivity index (χ0n) is 7.01. The van der Waals surface area contributed by atoms with Crippen LogP contribution in [-0.2, 0) is 0 Å². The molecule has 3 nitrogen and oxygen atoms in total. The molecular formula is C8H15N3. The maximum atomic E-state index is 8.17. The first-order valence-corrected chi connectivity index (χ1v) is 4.03. The van der Waals surface area contributed by atoms with E-state index in [0.29, 0.717) is 13.0 Å². The van der Waals surface area contributed by atoms with Gasteiger partial charge in [-0.25, -0.2) is 0 Å². The Morgan fingerprint density at radius 2 is 2.45 bits per heavy atom. The zero-order chi connectivity index (χ0) is 8.36. The Labute approximate surface area is 68.1 Å². The van der Waals surface area contributed by atoms with Crippen LogP contribution in [0.4, 0.5) is 0 Å². The fraction of sp³-hybridized carbons (Fsp3) is 0.750. The van der Waals surface area contributed by atoms with Gasteiger partial charge in [-0.1, -0.05) is 13.3 Å². The van der Waals surface area contributed by atoms with Crippen molar-refractivity contribution in [2.75, 3.05) is 6.54 Å². The van der Waals surface area contributed by atoms with E-state index in [1.165, 1.54) is 12.8 Å². The summed E-state index contributed by atoms with van der Waals surface area (Å²) in [4.78, 5) is 0. The highest BCUT2D eigenvalue weighted by atomic mass is 15.3. The first-order valence-electron chi connectivity index (χ1n) is 4.03. The van der Waals surface area contributed by atoms with E-state index in [1.54, 1.807) is 0 Å². The molecule has 0 radical (unpaired) electrons. The standard InChI is InChI=1S/C8H15N3/c1-2-3-4-7-10-11-8-5-6-9/h7,11H,2-5,8H2,1H3. The predicted molar refractivity (Wildman–Crippen MR) is 46.2 cm³/mol. The van der Waals surface area contributed by atoms with E-state index in [0.717, 1.165) is 6.42 Å². The van der Waals surface area contributed by atoms with Crippen molar-refractivity contribution in [2.45, 2.75) is 32.6 Å². The molecule has 0 saturated heterocycles. The minimum absolute atomic E-state index is 0.519. The number of hydrogen-bond acceptors (Lipinski definition) is 3. The predicted octanol–water partition coefficient (Wildman–Crippen LogP) is 1.67. The van der Waals surface area contributed by atoms with Gasteiger partial charge >= 0.3 is 0 Å². The van der Waals surface area contributed by atoms with E-state index < -0.39 is 0 Å². The van der Waals surface area contributed by atoms with Crippen LogP contribution in [0.25, 0.3) is 0 Å². The first-order chi connectivity index (χ1) is 5.41. The molecule has 0 aromatic rings. The molecule has 0 rings (SSSR count). The molecule has 11 heavy (non-hydrogen) atoms. The van der Waals surface area contributed by atoms with Crippen molar-refractivity contribution in [3.8, 4) is 6.07 Å². The minimum Gasteiger partial charge on any atom is -0.309 e. The van der Waals surface area contributed by atoms with Crippen LogP contribution < -0.4 is 5.43 Å². The molecule has 0 aromatic carbocycles. The van der Waals surface area contributed by atoms with Gasteiger partial charge in [0.15, 0.2) is 0 Å². The number of nitrogens with zero attached hydrogens (tertiary/aromatic N) is 2. The lowest BCUT2D eigenvalue weighted by Crippen LogP contribution is -2.06. The lowest BCUT2D eigenvalue weighted by Gasteiger charge is -1.92. The molecule has 0 atom stereocenters. The second kappa shape index (κ2) is 8.96. The van der Waals surface area contributed by atoms with Crippen LogP contribution >= 0.6 is 0 Å². The highest BCUT2D eigenvalue weighted by Crippen LogP contribution is 1.88. The maximum absolute atomic E-state index is 8.17. The van der Waals surface area contributed by atoms with Crippen LogP contribution in [0.1, 0.15) is 32.6 Å². The van der Waals surface area contributed by atoms with Crippen LogP contribution in [0.3, 0.4) is 0 Å². The van der Waals surface area contributed by atoms with E-state index in [1.807, 2.05) is 12.3 Å². The first kappa shape index (κ1) is 9.96. The number of hydrogen-bond donors (Lipinski definition) is 1. The Morgan fingerprint density at radius 3 is 3.09 bits per heavy atom. The fourth-order valence-electron chi connectivity index (χ4n) is 0.601. The Morgan fingerprint density at radius 1 is 1.64 bits per heavy atom. The summed E-state index contributed by atoms with van der Waals surface area (Å²) in [6.45, 7) is 2.80. The van der Waals surface area contributed by atoms with Crippen molar-refractivity contribution in [3.63, 3.8) is 0 Å². The summed E-state index contributed by atoms with van der Waals surface area (Å²) in [5.74, 6) is 0. The largest absolute Gasteiger partial charge is 0.309 e. The van der Waals surface area contributed by atoms with Crippen LogP contribution in [0, 0.1) is 11.3 Å². The van der Waals surface area contributed by atoms with Gasteiger partial charge in [0.2, 0.25) is 0 Å². The molecule has 0 saturated carbocycles. The molecular weight excluding hydrogens is 138 g/mol.